The fourth-order valence-electron chi connectivity index (χ4n) is 2.86. The standard InChI is InChI=1S/C17H25NO/c1-3-5-8-12-17(18,4-2)16-15-10-7-6-9-14(15)11-13-19-16/h4,6-7,9-10,16H,2-3,5,8,11-13,18H2,1H3. The average Bonchev–Trinajstić information content (AvgIpc) is 2.46. The van der Waals surface area contributed by atoms with Gasteiger partial charge in [-0.15, -0.1) is 6.58 Å². The van der Waals surface area contributed by atoms with Crippen LogP contribution in [0.15, 0.2) is 36.9 Å². The van der Waals surface area contributed by atoms with Crippen molar-refractivity contribution in [3.8, 4) is 0 Å². The molecule has 1 aliphatic rings. The largest absolute Gasteiger partial charge is 0.371 e. The van der Waals surface area contributed by atoms with Crippen LogP contribution in [0.1, 0.15) is 49.8 Å². The van der Waals surface area contributed by atoms with Crippen LogP contribution in [0.4, 0.5) is 0 Å². The van der Waals surface area contributed by atoms with Crippen LogP contribution in [0.2, 0.25) is 0 Å². The highest BCUT2D eigenvalue weighted by atomic mass is 16.5. The van der Waals surface area contributed by atoms with E-state index in [1.165, 1.54) is 24.0 Å². The first-order valence-electron chi connectivity index (χ1n) is 7.33. The summed E-state index contributed by atoms with van der Waals surface area (Å²) in [7, 11) is 0. The van der Waals surface area contributed by atoms with Crippen LogP contribution in [-0.2, 0) is 11.2 Å². The molecule has 0 spiro atoms. The summed E-state index contributed by atoms with van der Waals surface area (Å²) < 4.78 is 5.99. The Bertz CT molecular complexity index is 429. The normalized spacial score (nSPS) is 21.5. The van der Waals surface area contributed by atoms with E-state index in [9.17, 15) is 0 Å². The zero-order valence-corrected chi connectivity index (χ0v) is 11.9. The molecule has 2 N–H and O–H groups in total. The van der Waals surface area contributed by atoms with Crippen molar-refractivity contribution in [2.24, 2.45) is 5.73 Å². The molecule has 2 nitrogen and oxygen atoms in total. The molecule has 2 atom stereocenters. The lowest BCUT2D eigenvalue weighted by Gasteiger charge is -2.38. The number of hydrogen-bond acceptors (Lipinski definition) is 2. The number of hydrogen-bond donors (Lipinski definition) is 1. The number of fused-ring (bicyclic) bond motifs is 1. The van der Waals surface area contributed by atoms with E-state index in [2.05, 4.69) is 37.8 Å². The molecule has 0 fully saturated rings. The van der Waals surface area contributed by atoms with Gasteiger partial charge in [0.15, 0.2) is 0 Å². The first-order chi connectivity index (χ1) is 9.21. The summed E-state index contributed by atoms with van der Waals surface area (Å²) in [6.45, 7) is 6.91. The second kappa shape index (κ2) is 6.36. The van der Waals surface area contributed by atoms with E-state index in [4.69, 9.17) is 10.5 Å². The third kappa shape index (κ3) is 3.07. The highest BCUT2D eigenvalue weighted by molar-refractivity contribution is 5.34. The minimum absolute atomic E-state index is 0.0493. The Hall–Kier alpha value is -1.12. The minimum atomic E-state index is -0.453. The van der Waals surface area contributed by atoms with Crippen molar-refractivity contribution in [2.45, 2.75) is 50.7 Å². The summed E-state index contributed by atoms with van der Waals surface area (Å²) >= 11 is 0. The lowest BCUT2D eigenvalue weighted by Crippen LogP contribution is -2.46. The molecule has 1 aromatic carbocycles. The summed E-state index contributed by atoms with van der Waals surface area (Å²) in [4.78, 5) is 0. The number of rotatable bonds is 6. The third-order valence-electron chi connectivity index (χ3n) is 4.08. The Balaban J connectivity index is 2.21. The summed E-state index contributed by atoms with van der Waals surface area (Å²) in [5.41, 5.74) is 8.74. The quantitative estimate of drug-likeness (QED) is 0.623. The highest BCUT2D eigenvalue weighted by Crippen LogP contribution is 2.37. The maximum atomic E-state index is 6.58. The maximum Gasteiger partial charge on any atom is 0.104 e. The fraction of sp³-hybridized carbons (Fsp3) is 0.529. The van der Waals surface area contributed by atoms with E-state index >= 15 is 0 Å². The van der Waals surface area contributed by atoms with Crippen molar-refractivity contribution in [3.05, 3.63) is 48.0 Å². The monoisotopic (exact) mass is 259 g/mol. The zero-order valence-electron chi connectivity index (χ0n) is 11.9. The predicted molar refractivity (Wildman–Crippen MR) is 80.1 cm³/mol. The van der Waals surface area contributed by atoms with E-state index in [1.807, 2.05) is 6.08 Å². The van der Waals surface area contributed by atoms with Gasteiger partial charge in [-0.3, -0.25) is 0 Å². The lowest BCUT2D eigenvalue weighted by molar-refractivity contribution is -0.000449. The second-order valence-electron chi connectivity index (χ2n) is 5.47. The van der Waals surface area contributed by atoms with Gasteiger partial charge in [0, 0.05) is 0 Å². The Morgan fingerprint density at radius 1 is 1.42 bits per heavy atom. The highest BCUT2D eigenvalue weighted by Gasteiger charge is 2.36. The fourth-order valence-corrected chi connectivity index (χ4v) is 2.86. The molecule has 0 radical (unpaired) electrons. The molecule has 0 saturated heterocycles. The number of nitrogens with two attached hydrogens (primary N) is 1. The van der Waals surface area contributed by atoms with E-state index in [0.717, 1.165) is 25.9 Å². The molecule has 1 heterocycles. The van der Waals surface area contributed by atoms with Gasteiger partial charge >= 0.3 is 0 Å². The van der Waals surface area contributed by atoms with Gasteiger partial charge in [-0.2, -0.15) is 0 Å². The van der Waals surface area contributed by atoms with Gasteiger partial charge in [0.25, 0.3) is 0 Å². The van der Waals surface area contributed by atoms with Crippen LogP contribution < -0.4 is 5.73 Å². The molecule has 0 amide bonds. The van der Waals surface area contributed by atoms with E-state index in [0.29, 0.717) is 0 Å². The molecule has 1 aliphatic heterocycles. The Labute approximate surface area is 116 Å². The van der Waals surface area contributed by atoms with Gasteiger partial charge < -0.3 is 10.5 Å². The van der Waals surface area contributed by atoms with Crippen molar-refractivity contribution in [3.63, 3.8) is 0 Å². The molecule has 104 valence electrons. The molecule has 0 aliphatic carbocycles. The van der Waals surface area contributed by atoms with Gasteiger partial charge in [0.05, 0.1) is 12.1 Å². The van der Waals surface area contributed by atoms with Crippen LogP contribution in [0.25, 0.3) is 0 Å². The topological polar surface area (TPSA) is 35.2 Å². The molecule has 0 aromatic heterocycles. The van der Waals surface area contributed by atoms with Gasteiger partial charge in [-0.25, -0.2) is 0 Å². The maximum absolute atomic E-state index is 6.58. The van der Waals surface area contributed by atoms with Crippen LogP contribution in [-0.4, -0.2) is 12.1 Å². The molecule has 19 heavy (non-hydrogen) atoms. The van der Waals surface area contributed by atoms with E-state index in [-0.39, 0.29) is 6.10 Å². The SMILES string of the molecule is C=CC(N)(CCCCC)C1OCCc2ccccc21. The molecule has 2 heteroatoms. The Kier molecular flexibility index (Phi) is 4.78. The van der Waals surface area contributed by atoms with Crippen molar-refractivity contribution >= 4 is 0 Å². The summed E-state index contributed by atoms with van der Waals surface area (Å²) in [6.07, 6.45) is 7.29. The van der Waals surface area contributed by atoms with Gasteiger partial charge in [0.1, 0.15) is 6.10 Å². The molecule has 2 unspecified atom stereocenters. The number of unbranched alkanes of at least 4 members (excludes halogenated alkanes) is 2. The van der Waals surface area contributed by atoms with Crippen molar-refractivity contribution in [1.29, 1.82) is 0 Å². The van der Waals surface area contributed by atoms with Gasteiger partial charge in [-0.05, 0) is 24.0 Å². The molecular weight excluding hydrogens is 234 g/mol. The summed E-state index contributed by atoms with van der Waals surface area (Å²) in [5.74, 6) is 0. The average molecular weight is 259 g/mol. The van der Waals surface area contributed by atoms with Gasteiger partial charge in [0.2, 0.25) is 0 Å². The van der Waals surface area contributed by atoms with Crippen molar-refractivity contribution < 1.29 is 4.74 Å². The summed E-state index contributed by atoms with van der Waals surface area (Å²) in [5, 5.41) is 0. The van der Waals surface area contributed by atoms with Gasteiger partial charge in [-0.1, -0.05) is 56.5 Å². The number of benzene rings is 1. The van der Waals surface area contributed by atoms with Crippen LogP contribution in [0, 0.1) is 0 Å². The zero-order chi connectivity index (χ0) is 13.7. The predicted octanol–water partition coefficient (Wildman–Crippen LogP) is 3.76. The van der Waals surface area contributed by atoms with Crippen LogP contribution >= 0.6 is 0 Å². The molecule has 0 saturated carbocycles. The summed E-state index contributed by atoms with van der Waals surface area (Å²) in [6, 6.07) is 8.48. The Morgan fingerprint density at radius 3 is 2.95 bits per heavy atom. The van der Waals surface area contributed by atoms with E-state index in [1.54, 1.807) is 0 Å². The van der Waals surface area contributed by atoms with Crippen LogP contribution in [0.5, 0.6) is 0 Å². The first-order valence-corrected chi connectivity index (χ1v) is 7.33. The smallest absolute Gasteiger partial charge is 0.104 e. The molecule has 1 aromatic rings. The first kappa shape index (κ1) is 14.3. The van der Waals surface area contributed by atoms with Crippen LogP contribution in [0.3, 0.4) is 0 Å². The lowest BCUT2D eigenvalue weighted by atomic mass is 9.81. The number of ether oxygens (including phenoxy) is 1. The van der Waals surface area contributed by atoms with Crippen molar-refractivity contribution in [1.82, 2.24) is 0 Å². The minimum Gasteiger partial charge on any atom is -0.371 e. The molecule has 0 bridgehead atoms. The molecule has 2 rings (SSSR count). The van der Waals surface area contributed by atoms with E-state index < -0.39 is 5.54 Å². The Morgan fingerprint density at radius 2 is 2.21 bits per heavy atom. The molecular formula is C17H25NO. The second-order valence-corrected chi connectivity index (χ2v) is 5.47. The third-order valence-corrected chi connectivity index (χ3v) is 4.08. The van der Waals surface area contributed by atoms with Crippen molar-refractivity contribution in [2.75, 3.05) is 6.61 Å².